The molecule has 6 nitrogen and oxygen atoms in total. The zero-order chi connectivity index (χ0) is 20.8. The van der Waals surface area contributed by atoms with Gasteiger partial charge in [0.25, 0.3) is 0 Å². The number of fused-ring (bicyclic) bond motifs is 1. The molecule has 150 valence electrons. The Labute approximate surface area is 174 Å². The molecule has 0 aliphatic heterocycles. The van der Waals surface area contributed by atoms with Crippen molar-refractivity contribution in [3.63, 3.8) is 0 Å². The van der Waals surface area contributed by atoms with E-state index < -0.39 is 0 Å². The van der Waals surface area contributed by atoms with Gasteiger partial charge in [-0.3, -0.25) is 4.79 Å². The second-order valence-electron chi connectivity index (χ2n) is 6.49. The van der Waals surface area contributed by atoms with E-state index in [1.165, 1.54) is 24.0 Å². The third kappa shape index (κ3) is 5.26. The molecule has 3 aromatic rings. The zero-order valence-electron chi connectivity index (χ0n) is 16.6. The number of pyridine rings is 1. The summed E-state index contributed by atoms with van der Waals surface area (Å²) in [6, 6.07) is 13.0. The van der Waals surface area contributed by atoms with Crippen LogP contribution in [0.1, 0.15) is 23.6 Å². The van der Waals surface area contributed by atoms with Crippen molar-refractivity contribution in [2.75, 3.05) is 12.4 Å². The first-order chi connectivity index (χ1) is 14.0. The minimum atomic E-state index is -0.223. The van der Waals surface area contributed by atoms with Crippen molar-refractivity contribution in [2.45, 2.75) is 25.8 Å². The lowest BCUT2D eigenvalue weighted by Gasteiger charge is -2.08. The van der Waals surface area contributed by atoms with Crippen LogP contribution < -0.4 is 10.2 Å². The van der Waals surface area contributed by atoms with Gasteiger partial charge in [-0.1, -0.05) is 30.0 Å². The summed E-state index contributed by atoms with van der Waals surface area (Å²) in [5.41, 5.74) is 6.43. The molecule has 2 N–H and O–H groups in total. The van der Waals surface area contributed by atoms with Gasteiger partial charge in [0, 0.05) is 5.39 Å². The second kappa shape index (κ2) is 9.43. The number of thioether (sulfide) groups is 1. The molecule has 0 unspecified atom stereocenters. The second-order valence-corrected chi connectivity index (χ2v) is 7.49. The molecule has 0 saturated heterocycles. The molecule has 0 aliphatic rings. The predicted octanol–water partition coefficient (Wildman–Crippen LogP) is 4.20. The van der Waals surface area contributed by atoms with Gasteiger partial charge in [-0.2, -0.15) is 5.10 Å². The summed E-state index contributed by atoms with van der Waals surface area (Å²) in [6.45, 7) is 6.37. The van der Waals surface area contributed by atoms with E-state index >= 15 is 0 Å². The Morgan fingerprint density at radius 2 is 2.07 bits per heavy atom. The number of nitrogens with one attached hydrogen (secondary N) is 1. The van der Waals surface area contributed by atoms with Gasteiger partial charge in [-0.25, -0.2) is 10.4 Å². The highest BCUT2D eigenvalue weighted by molar-refractivity contribution is 7.99. The first-order valence-corrected chi connectivity index (χ1v) is 10.2. The number of carbonyl (C=O) groups excluding carboxylic acids is 1. The summed E-state index contributed by atoms with van der Waals surface area (Å²) in [7, 11) is 0. The number of ether oxygens (including phenoxy) is 1. The molecule has 0 atom stereocenters. The third-order valence-electron chi connectivity index (χ3n) is 4.26. The van der Waals surface area contributed by atoms with Crippen LogP contribution >= 0.6 is 11.8 Å². The van der Waals surface area contributed by atoms with E-state index in [0.29, 0.717) is 17.9 Å². The number of nitrogens with zero attached hydrogens (tertiary/aromatic N) is 2. The molecule has 29 heavy (non-hydrogen) atoms. The molecule has 0 saturated carbocycles. The van der Waals surface area contributed by atoms with Crippen molar-refractivity contribution in [3.05, 3.63) is 59.2 Å². The summed E-state index contributed by atoms with van der Waals surface area (Å²) < 4.78 is 5.33. The number of amides is 1. The van der Waals surface area contributed by atoms with E-state index in [-0.39, 0.29) is 17.4 Å². The maximum Gasteiger partial charge on any atom is 0.250 e. The Hall–Kier alpha value is -3.06. The van der Waals surface area contributed by atoms with Gasteiger partial charge in [-0.05, 0) is 61.7 Å². The van der Waals surface area contributed by atoms with Crippen molar-refractivity contribution in [3.8, 4) is 11.5 Å². The molecule has 7 heteroatoms. The summed E-state index contributed by atoms with van der Waals surface area (Å²) in [5.74, 6) is 0.435. The lowest BCUT2D eigenvalue weighted by molar-refractivity contribution is -0.118. The van der Waals surface area contributed by atoms with Crippen LogP contribution in [0.4, 0.5) is 0 Å². The topological polar surface area (TPSA) is 83.8 Å². The molecular formula is C22H23N3O3S. The molecule has 1 aromatic heterocycles. The average Bonchev–Trinajstić information content (AvgIpc) is 2.70. The van der Waals surface area contributed by atoms with Crippen LogP contribution in [0, 0.1) is 13.8 Å². The van der Waals surface area contributed by atoms with Gasteiger partial charge >= 0.3 is 0 Å². The Morgan fingerprint density at radius 1 is 1.24 bits per heavy atom. The highest BCUT2D eigenvalue weighted by Crippen LogP contribution is 2.26. The number of hydrogen-bond acceptors (Lipinski definition) is 6. The van der Waals surface area contributed by atoms with Crippen LogP contribution in [0.5, 0.6) is 11.5 Å². The first kappa shape index (κ1) is 20.7. The largest absolute Gasteiger partial charge is 0.504 e. The van der Waals surface area contributed by atoms with E-state index in [1.54, 1.807) is 12.1 Å². The summed E-state index contributed by atoms with van der Waals surface area (Å²) >= 11 is 1.37. The number of rotatable bonds is 7. The van der Waals surface area contributed by atoms with Crippen molar-refractivity contribution in [2.24, 2.45) is 5.10 Å². The quantitative estimate of drug-likeness (QED) is 0.347. The Balaban J connectivity index is 1.59. The van der Waals surface area contributed by atoms with Crippen molar-refractivity contribution >= 4 is 34.8 Å². The average molecular weight is 410 g/mol. The van der Waals surface area contributed by atoms with Gasteiger partial charge in [0.2, 0.25) is 5.91 Å². The fourth-order valence-electron chi connectivity index (χ4n) is 2.84. The smallest absolute Gasteiger partial charge is 0.250 e. The van der Waals surface area contributed by atoms with Gasteiger partial charge < -0.3 is 9.84 Å². The molecule has 1 amide bonds. The maximum absolute atomic E-state index is 12.1. The lowest BCUT2D eigenvalue weighted by Crippen LogP contribution is -2.19. The molecular weight excluding hydrogens is 386 g/mol. The fraction of sp³-hybridized carbons (Fsp3) is 0.227. The van der Waals surface area contributed by atoms with Gasteiger partial charge in [-0.15, -0.1) is 0 Å². The minimum absolute atomic E-state index is 0.0675. The van der Waals surface area contributed by atoms with Crippen molar-refractivity contribution in [1.29, 1.82) is 0 Å². The van der Waals surface area contributed by atoms with Gasteiger partial charge in [0.1, 0.15) is 0 Å². The number of aryl methyl sites for hydroxylation is 2. The van der Waals surface area contributed by atoms with Crippen molar-refractivity contribution in [1.82, 2.24) is 10.4 Å². The number of phenols is 1. The highest BCUT2D eigenvalue weighted by Gasteiger charge is 2.08. The molecule has 0 aliphatic carbocycles. The lowest BCUT2D eigenvalue weighted by atomic mass is 10.1. The molecule has 0 radical (unpaired) electrons. The fourth-order valence-corrected chi connectivity index (χ4v) is 3.60. The number of aromatic hydroxyl groups is 1. The SMILES string of the molecule is CCOc1cc(C=NNC(=O)CSc2cc(C)c3cccc(C)c3n2)ccc1O. The third-order valence-corrected chi connectivity index (χ3v) is 5.17. The Morgan fingerprint density at radius 3 is 2.86 bits per heavy atom. The van der Waals surface area contributed by atoms with Crippen LogP contribution in [-0.2, 0) is 4.79 Å². The number of hydrogen-bond donors (Lipinski definition) is 2. The number of hydrazone groups is 1. The molecule has 1 heterocycles. The zero-order valence-corrected chi connectivity index (χ0v) is 17.4. The van der Waals surface area contributed by atoms with E-state index in [4.69, 9.17) is 4.74 Å². The number of aromatic nitrogens is 1. The number of phenolic OH excluding ortho intramolecular Hbond substituents is 1. The van der Waals surface area contributed by atoms with Gasteiger partial charge in [0.15, 0.2) is 11.5 Å². The standard InChI is InChI=1S/C22H23N3O3S/c1-4-28-19-11-16(8-9-18(19)26)12-23-25-20(27)13-29-21-10-15(3)17-7-5-6-14(2)22(17)24-21/h5-12,26H,4,13H2,1-3H3,(H,25,27). The van der Waals surface area contributed by atoms with Crippen LogP contribution in [0.2, 0.25) is 0 Å². The normalized spacial score (nSPS) is 11.1. The van der Waals surface area contributed by atoms with Crippen LogP contribution in [0.3, 0.4) is 0 Å². The van der Waals surface area contributed by atoms with Crippen LogP contribution in [0.15, 0.2) is 52.6 Å². The Kier molecular flexibility index (Phi) is 6.72. The highest BCUT2D eigenvalue weighted by atomic mass is 32.2. The van der Waals surface area contributed by atoms with E-state index in [9.17, 15) is 9.90 Å². The molecule has 0 spiro atoms. The summed E-state index contributed by atoms with van der Waals surface area (Å²) in [4.78, 5) is 16.8. The Bertz CT molecular complexity index is 1070. The first-order valence-electron chi connectivity index (χ1n) is 9.25. The van der Waals surface area contributed by atoms with Crippen LogP contribution in [-0.4, -0.2) is 34.6 Å². The monoisotopic (exact) mass is 409 g/mol. The molecule has 0 bridgehead atoms. The maximum atomic E-state index is 12.1. The van der Waals surface area contributed by atoms with E-state index in [1.807, 2.05) is 39.0 Å². The van der Waals surface area contributed by atoms with E-state index in [2.05, 4.69) is 21.6 Å². The minimum Gasteiger partial charge on any atom is -0.504 e. The molecule has 3 rings (SSSR count). The molecule has 2 aromatic carbocycles. The van der Waals surface area contributed by atoms with Crippen LogP contribution in [0.25, 0.3) is 10.9 Å². The predicted molar refractivity (Wildman–Crippen MR) is 117 cm³/mol. The summed E-state index contributed by atoms with van der Waals surface area (Å²) in [5, 5.41) is 15.6. The van der Waals surface area contributed by atoms with E-state index in [0.717, 1.165) is 27.1 Å². The van der Waals surface area contributed by atoms with Crippen molar-refractivity contribution < 1.29 is 14.6 Å². The van der Waals surface area contributed by atoms with Gasteiger partial charge in [0.05, 0.1) is 29.1 Å². The number of benzene rings is 2. The number of para-hydroxylation sites is 1. The summed E-state index contributed by atoms with van der Waals surface area (Å²) in [6.07, 6.45) is 1.51. The molecule has 0 fully saturated rings. The number of carbonyl (C=O) groups is 1.